The highest BCUT2D eigenvalue weighted by atomic mass is 16.7. The van der Waals surface area contributed by atoms with Crippen molar-refractivity contribution in [1.29, 1.82) is 5.26 Å². The van der Waals surface area contributed by atoms with Gasteiger partial charge in [-0.2, -0.15) is 5.26 Å². The molecule has 0 radical (unpaired) electrons. The van der Waals surface area contributed by atoms with Crippen LogP contribution in [-0.4, -0.2) is 12.8 Å². The Bertz CT molecular complexity index is 343. The maximum absolute atomic E-state index is 11.0. The summed E-state index contributed by atoms with van der Waals surface area (Å²) in [6.45, 7) is 0.208. The predicted molar refractivity (Wildman–Crippen MR) is 53.3 cm³/mol. The molecule has 0 atom stereocenters. The van der Waals surface area contributed by atoms with Crippen LogP contribution < -0.4 is 4.74 Å². The smallest absolute Gasteiger partial charge is 0.434 e. The summed E-state index contributed by atoms with van der Waals surface area (Å²) in [6, 6.07) is 10.6. The van der Waals surface area contributed by atoms with E-state index in [4.69, 9.17) is 14.7 Å². The molecule has 4 heteroatoms. The average molecular weight is 205 g/mol. The van der Waals surface area contributed by atoms with E-state index in [0.717, 1.165) is 0 Å². The molecular weight excluding hydrogens is 194 g/mol. The van der Waals surface area contributed by atoms with Crippen LogP contribution in [0, 0.1) is 11.3 Å². The van der Waals surface area contributed by atoms with E-state index in [9.17, 15) is 4.79 Å². The molecule has 0 unspecified atom stereocenters. The van der Waals surface area contributed by atoms with E-state index in [0.29, 0.717) is 18.6 Å². The van der Waals surface area contributed by atoms with Gasteiger partial charge in [-0.1, -0.05) is 18.2 Å². The van der Waals surface area contributed by atoms with Crippen molar-refractivity contribution in [3.8, 4) is 11.8 Å². The summed E-state index contributed by atoms with van der Waals surface area (Å²) >= 11 is 0. The van der Waals surface area contributed by atoms with Crippen molar-refractivity contribution in [3.05, 3.63) is 30.3 Å². The predicted octanol–water partition coefficient (Wildman–Crippen LogP) is 2.51. The van der Waals surface area contributed by atoms with Crippen LogP contribution in [0.25, 0.3) is 0 Å². The molecule has 0 bridgehead atoms. The average Bonchev–Trinajstić information content (AvgIpc) is 2.26. The molecule has 1 aromatic carbocycles. The van der Waals surface area contributed by atoms with Crippen LogP contribution in [0.1, 0.15) is 12.8 Å². The van der Waals surface area contributed by atoms with Gasteiger partial charge in [0.05, 0.1) is 12.7 Å². The molecule has 1 rings (SSSR count). The maximum Gasteiger partial charge on any atom is 0.513 e. The van der Waals surface area contributed by atoms with Crippen molar-refractivity contribution in [2.24, 2.45) is 0 Å². The number of hydrogen-bond donors (Lipinski definition) is 0. The number of carbonyl (C=O) groups is 1. The van der Waals surface area contributed by atoms with E-state index in [-0.39, 0.29) is 6.61 Å². The molecule has 0 aromatic heterocycles. The van der Waals surface area contributed by atoms with Gasteiger partial charge in [0.15, 0.2) is 0 Å². The lowest BCUT2D eigenvalue weighted by molar-refractivity contribution is 0.0983. The number of rotatable bonds is 4. The third-order valence-electron chi connectivity index (χ3n) is 1.60. The first-order chi connectivity index (χ1) is 7.33. The van der Waals surface area contributed by atoms with Gasteiger partial charge in [-0.3, -0.25) is 0 Å². The maximum atomic E-state index is 11.0. The summed E-state index contributed by atoms with van der Waals surface area (Å²) in [5, 5.41) is 8.24. The van der Waals surface area contributed by atoms with Crippen molar-refractivity contribution in [2.45, 2.75) is 12.8 Å². The van der Waals surface area contributed by atoms with Crippen LogP contribution in [0.3, 0.4) is 0 Å². The molecule has 0 amide bonds. The Morgan fingerprint density at radius 1 is 1.33 bits per heavy atom. The Kier molecular flexibility index (Phi) is 4.74. The molecule has 0 aliphatic carbocycles. The Morgan fingerprint density at radius 3 is 2.73 bits per heavy atom. The molecule has 1 aromatic rings. The number of hydrogen-bond acceptors (Lipinski definition) is 4. The zero-order valence-corrected chi connectivity index (χ0v) is 8.18. The fraction of sp³-hybridized carbons (Fsp3) is 0.273. The summed E-state index contributed by atoms with van der Waals surface area (Å²) in [6.07, 6.45) is 0.165. The van der Waals surface area contributed by atoms with Crippen LogP contribution in [0.15, 0.2) is 30.3 Å². The molecular formula is C11H11NO3. The fourth-order valence-electron chi connectivity index (χ4n) is 0.921. The molecule has 0 heterocycles. The Morgan fingerprint density at radius 2 is 2.07 bits per heavy atom. The highest BCUT2D eigenvalue weighted by Gasteiger charge is 2.04. The zero-order chi connectivity index (χ0) is 10.9. The Labute approximate surface area is 88.0 Å². The second-order valence-corrected chi connectivity index (χ2v) is 2.78. The number of para-hydroxylation sites is 1. The second-order valence-electron chi connectivity index (χ2n) is 2.78. The molecule has 0 saturated carbocycles. The van der Waals surface area contributed by atoms with Gasteiger partial charge in [-0.15, -0.1) is 0 Å². The number of benzene rings is 1. The first kappa shape index (κ1) is 11.1. The second kappa shape index (κ2) is 6.44. The van der Waals surface area contributed by atoms with Crippen molar-refractivity contribution >= 4 is 6.16 Å². The van der Waals surface area contributed by atoms with Crippen molar-refractivity contribution in [3.63, 3.8) is 0 Å². The number of ether oxygens (including phenoxy) is 2. The van der Waals surface area contributed by atoms with E-state index < -0.39 is 6.16 Å². The zero-order valence-electron chi connectivity index (χ0n) is 8.18. The van der Waals surface area contributed by atoms with E-state index >= 15 is 0 Å². The van der Waals surface area contributed by atoms with Crippen LogP contribution >= 0.6 is 0 Å². The van der Waals surface area contributed by atoms with Gasteiger partial charge in [0, 0.05) is 6.42 Å². The third-order valence-corrected chi connectivity index (χ3v) is 1.60. The summed E-state index contributed by atoms with van der Waals surface area (Å²) in [4.78, 5) is 11.0. The molecule has 0 saturated heterocycles. The fourth-order valence-corrected chi connectivity index (χ4v) is 0.921. The van der Waals surface area contributed by atoms with Gasteiger partial charge in [0.2, 0.25) is 0 Å². The molecule has 0 aliphatic heterocycles. The molecule has 0 N–H and O–H groups in total. The minimum absolute atomic E-state index is 0.208. The van der Waals surface area contributed by atoms with Gasteiger partial charge in [-0.25, -0.2) is 4.79 Å². The van der Waals surface area contributed by atoms with Crippen LogP contribution in [0.2, 0.25) is 0 Å². The molecule has 0 fully saturated rings. The lowest BCUT2D eigenvalue weighted by atomic mass is 10.3. The summed E-state index contributed by atoms with van der Waals surface area (Å²) in [7, 11) is 0. The first-order valence-electron chi connectivity index (χ1n) is 4.59. The van der Waals surface area contributed by atoms with Gasteiger partial charge >= 0.3 is 6.16 Å². The van der Waals surface area contributed by atoms with Gasteiger partial charge in [0.1, 0.15) is 5.75 Å². The quantitative estimate of drug-likeness (QED) is 0.430. The highest BCUT2D eigenvalue weighted by Crippen LogP contribution is 2.09. The van der Waals surface area contributed by atoms with Gasteiger partial charge in [-0.05, 0) is 18.6 Å². The molecule has 0 spiro atoms. The lowest BCUT2D eigenvalue weighted by Gasteiger charge is -2.04. The minimum atomic E-state index is -0.737. The standard InChI is InChI=1S/C11H11NO3/c12-8-4-5-9-14-11(13)15-10-6-2-1-3-7-10/h1-3,6-7H,4-5,9H2. The summed E-state index contributed by atoms with van der Waals surface area (Å²) in [5.41, 5.74) is 0. The molecule has 0 aliphatic rings. The van der Waals surface area contributed by atoms with Crippen LogP contribution in [0.4, 0.5) is 4.79 Å². The first-order valence-corrected chi connectivity index (χ1v) is 4.59. The number of nitriles is 1. The minimum Gasteiger partial charge on any atom is -0.434 e. The monoisotopic (exact) mass is 205 g/mol. The highest BCUT2D eigenvalue weighted by molar-refractivity contribution is 5.63. The van der Waals surface area contributed by atoms with Crippen molar-refractivity contribution in [2.75, 3.05) is 6.61 Å². The summed E-state index contributed by atoms with van der Waals surface area (Å²) < 4.78 is 9.59. The molecule has 78 valence electrons. The molecule has 4 nitrogen and oxygen atoms in total. The summed E-state index contributed by atoms with van der Waals surface area (Å²) in [5.74, 6) is 0.447. The number of carbonyl (C=O) groups excluding carboxylic acids is 1. The largest absolute Gasteiger partial charge is 0.513 e. The van der Waals surface area contributed by atoms with Crippen molar-refractivity contribution in [1.82, 2.24) is 0 Å². The van der Waals surface area contributed by atoms with Gasteiger partial charge in [0.25, 0.3) is 0 Å². The van der Waals surface area contributed by atoms with Crippen molar-refractivity contribution < 1.29 is 14.3 Å². The number of nitrogens with zero attached hydrogens (tertiary/aromatic N) is 1. The van der Waals surface area contributed by atoms with Crippen LogP contribution in [-0.2, 0) is 4.74 Å². The molecule has 15 heavy (non-hydrogen) atoms. The Hall–Kier alpha value is -2.02. The van der Waals surface area contributed by atoms with E-state index in [1.54, 1.807) is 24.3 Å². The van der Waals surface area contributed by atoms with E-state index in [1.165, 1.54) is 0 Å². The van der Waals surface area contributed by atoms with E-state index in [1.807, 2.05) is 12.1 Å². The topological polar surface area (TPSA) is 59.3 Å². The van der Waals surface area contributed by atoms with E-state index in [2.05, 4.69) is 0 Å². The SMILES string of the molecule is N#CCCCOC(=O)Oc1ccccc1. The lowest BCUT2D eigenvalue weighted by Crippen LogP contribution is -2.11. The van der Waals surface area contributed by atoms with Crippen LogP contribution in [0.5, 0.6) is 5.75 Å². The third kappa shape index (κ3) is 4.67. The van der Waals surface area contributed by atoms with Gasteiger partial charge < -0.3 is 9.47 Å². The Balaban J connectivity index is 2.22. The number of unbranched alkanes of at least 4 members (excludes halogenated alkanes) is 1. The normalized spacial score (nSPS) is 9.00.